The number of hydrogen-bond acceptors (Lipinski definition) is 6. The fraction of sp³-hybridized carbons (Fsp3) is 0.571. The molecular formula is C14H23N3O3S. The maximum absolute atomic E-state index is 12.2. The van der Waals surface area contributed by atoms with Gasteiger partial charge in [0.2, 0.25) is 0 Å². The number of anilines is 2. The van der Waals surface area contributed by atoms with Crippen LogP contribution in [-0.2, 0) is 4.74 Å². The second-order valence-corrected chi connectivity index (χ2v) is 5.79. The molecule has 0 aliphatic heterocycles. The minimum atomic E-state index is -0.508. The highest BCUT2D eigenvalue weighted by molar-refractivity contribution is 7.19. The number of thiophene rings is 1. The SMILES string of the molecule is CCCN(CC)c1sc(C(=O)N(C)C)c(N)c1C(=O)OC. The van der Waals surface area contributed by atoms with Crippen LogP contribution in [0.5, 0.6) is 0 Å². The summed E-state index contributed by atoms with van der Waals surface area (Å²) in [4.78, 5) is 28.1. The molecule has 0 unspecified atom stereocenters. The van der Waals surface area contributed by atoms with Crippen molar-refractivity contribution in [2.24, 2.45) is 0 Å². The van der Waals surface area contributed by atoms with Gasteiger partial charge in [0, 0.05) is 27.2 Å². The molecule has 0 saturated carbocycles. The first-order valence-corrected chi connectivity index (χ1v) is 7.67. The van der Waals surface area contributed by atoms with E-state index < -0.39 is 5.97 Å². The Morgan fingerprint density at radius 2 is 1.90 bits per heavy atom. The average molecular weight is 313 g/mol. The lowest BCUT2D eigenvalue weighted by Crippen LogP contribution is -2.24. The number of ether oxygens (including phenoxy) is 1. The Morgan fingerprint density at radius 1 is 1.29 bits per heavy atom. The summed E-state index contributed by atoms with van der Waals surface area (Å²) in [7, 11) is 4.62. The van der Waals surface area contributed by atoms with E-state index in [0.29, 0.717) is 15.4 Å². The van der Waals surface area contributed by atoms with E-state index in [1.54, 1.807) is 14.1 Å². The van der Waals surface area contributed by atoms with Gasteiger partial charge in [-0.3, -0.25) is 4.79 Å². The number of carbonyl (C=O) groups is 2. The van der Waals surface area contributed by atoms with E-state index in [9.17, 15) is 9.59 Å². The molecule has 1 heterocycles. The number of carbonyl (C=O) groups excluding carboxylic acids is 2. The molecule has 1 aromatic rings. The minimum Gasteiger partial charge on any atom is -0.465 e. The Balaban J connectivity index is 3.43. The third-order valence-corrected chi connectivity index (χ3v) is 4.33. The van der Waals surface area contributed by atoms with Crippen LogP contribution in [0, 0.1) is 0 Å². The molecule has 0 fully saturated rings. The molecule has 1 rings (SSSR count). The van der Waals surface area contributed by atoms with Gasteiger partial charge >= 0.3 is 5.97 Å². The Kier molecular flexibility index (Phi) is 6.02. The monoisotopic (exact) mass is 313 g/mol. The summed E-state index contributed by atoms with van der Waals surface area (Å²) in [5, 5.41) is 0.703. The molecule has 0 aromatic carbocycles. The molecule has 2 N–H and O–H groups in total. The van der Waals surface area contributed by atoms with Gasteiger partial charge in [-0.2, -0.15) is 0 Å². The number of amides is 1. The van der Waals surface area contributed by atoms with Crippen LogP contribution in [0.4, 0.5) is 10.7 Å². The first-order chi connectivity index (χ1) is 9.88. The van der Waals surface area contributed by atoms with Crippen molar-refractivity contribution in [2.45, 2.75) is 20.3 Å². The van der Waals surface area contributed by atoms with Gasteiger partial charge in [0.25, 0.3) is 5.91 Å². The van der Waals surface area contributed by atoms with Crippen LogP contribution < -0.4 is 10.6 Å². The largest absolute Gasteiger partial charge is 0.465 e. The topological polar surface area (TPSA) is 75.9 Å². The van der Waals surface area contributed by atoms with E-state index in [2.05, 4.69) is 6.92 Å². The van der Waals surface area contributed by atoms with Gasteiger partial charge in [0.15, 0.2) is 0 Å². The minimum absolute atomic E-state index is 0.204. The second-order valence-electron chi connectivity index (χ2n) is 4.80. The lowest BCUT2D eigenvalue weighted by Gasteiger charge is -2.21. The van der Waals surface area contributed by atoms with E-state index in [0.717, 1.165) is 19.5 Å². The molecule has 0 spiro atoms. The molecule has 0 aliphatic carbocycles. The molecule has 21 heavy (non-hydrogen) atoms. The predicted octanol–water partition coefficient (Wildman–Crippen LogP) is 2.05. The Bertz CT molecular complexity index is 526. The zero-order valence-electron chi connectivity index (χ0n) is 13.2. The smallest absolute Gasteiger partial charge is 0.343 e. The van der Waals surface area contributed by atoms with Gasteiger partial charge in [-0.1, -0.05) is 6.92 Å². The normalized spacial score (nSPS) is 10.3. The van der Waals surface area contributed by atoms with Crippen molar-refractivity contribution in [2.75, 3.05) is 44.9 Å². The average Bonchev–Trinajstić information content (AvgIpc) is 2.80. The predicted molar refractivity (Wildman–Crippen MR) is 86.3 cm³/mol. The number of rotatable bonds is 6. The molecule has 1 amide bonds. The molecule has 0 bridgehead atoms. The van der Waals surface area contributed by atoms with Gasteiger partial charge in [-0.25, -0.2) is 4.79 Å². The Labute approximate surface area is 129 Å². The number of nitrogens with zero attached hydrogens (tertiary/aromatic N) is 2. The van der Waals surface area contributed by atoms with Crippen molar-refractivity contribution in [3.63, 3.8) is 0 Å². The van der Waals surface area contributed by atoms with Crippen LogP contribution >= 0.6 is 11.3 Å². The second kappa shape index (κ2) is 7.31. The fourth-order valence-electron chi connectivity index (χ4n) is 1.99. The van der Waals surface area contributed by atoms with Crippen molar-refractivity contribution in [1.29, 1.82) is 0 Å². The lowest BCUT2D eigenvalue weighted by molar-refractivity contribution is 0.0603. The summed E-state index contributed by atoms with van der Waals surface area (Å²) >= 11 is 1.25. The van der Waals surface area contributed by atoms with Crippen LogP contribution in [0.1, 0.15) is 40.3 Å². The van der Waals surface area contributed by atoms with E-state index in [4.69, 9.17) is 10.5 Å². The molecule has 6 nitrogen and oxygen atoms in total. The van der Waals surface area contributed by atoms with E-state index in [-0.39, 0.29) is 11.6 Å². The third-order valence-electron chi connectivity index (χ3n) is 3.08. The van der Waals surface area contributed by atoms with E-state index in [1.165, 1.54) is 23.3 Å². The summed E-state index contributed by atoms with van der Waals surface area (Å²) in [6.07, 6.45) is 0.934. The van der Waals surface area contributed by atoms with Gasteiger partial charge in [-0.05, 0) is 13.3 Å². The van der Waals surface area contributed by atoms with Crippen LogP contribution in [-0.4, -0.2) is 51.1 Å². The van der Waals surface area contributed by atoms with Gasteiger partial charge in [0.05, 0.1) is 12.8 Å². The Hall–Kier alpha value is -1.76. The van der Waals surface area contributed by atoms with Gasteiger partial charge < -0.3 is 20.3 Å². The van der Waals surface area contributed by atoms with E-state index >= 15 is 0 Å². The van der Waals surface area contributed by atoms with Crippen molar-refractivity contribution >= 4 is 33.9 Å². The summed E-state index contributed by atoms with van der Waals surface area (Å²) in [6.45, 7) is 5.58. The molecule has 118 valence electrons. The van der Waals surface area contributed by atoms with Crippen LogP contribution in [0.2, 0.25) is 0 Å². The zero-order valence-corrected chi connectivity index (χ0v) is 14.0. The zero-order chi connectivity index (χ0) is 16.2. The Morgan fingerprint density at radius 3 is 2.33 bits per heavy atom. The number of esters is 1. The van der Waals surface area contributed by atoms with Crippen LogP contribution in [0.15, 0.2) is 0 Å². The van der Waals surface area contributed by atoms with Gasteiger partial charge in [-0.15, -0.1) is 11.3 Å². The molecule has 0 radical (unpaired) electrons. The van der Waals surface area contributed by atoms with Crippen molar-refractivity contribution in [3.8, 4) is 0 Å². The quantitative estimate of drug-likeness (QED) is 0.814. The maximum atomic E-state index is 12.2. The molecule has 1 aromatic heterocycles. The maximum Gasteiger partial charge on any atom is 0.343 e. The third kappa shape index (κ3) is 3.47. The van der Waals surface area contributed by atoms with Crippen LogP contribution in [0.3, 0.4) is 0 Å². The van der Waals surface area contributed by atoms with Crippen molar-refractivity contribution in [3.05, 3.63) is 10.4 Å². The van der Waals surface area contributed by atoms with Gasteiger partial charge in [0.1, 0.15) is 15.4 Å². The standard InChI is InChI=1S/C14H23N3O3S/c1-6-8-17(7-2)13-9(14(19)20-5)10(15)11(21-13)12(18)16(3)4/h6-8,15H2,1-5H3. The number of nitrogen functional groups attached to an aromatic ring is 1. The highest BCUT2D eigenvalue weighted by atomic mass is 32.1. The fourth-order valence-corrected chi connectivity index (χ4v) is 3.31. The molecular weight excluding hydrogens is 290 g/mol. The summed E-state index contributed by atoms with van der Waals surface area (Å²) < 4.78 is 4.82. The summed E-state index contributed by atoms with van der Waals surface area (Å²) in [6, 6.07) is 0. The highest BCUT2D eigenvalue weighted by Gasteiger charge is 2.29. The number of methoxy groups -OCH3 is 1. The van der Waals surface area contributed by atoms with Crippen molar-refractivity contribution < 1.29 is 14.3 Å². The summed E-state index contributed by atoms with van der Waals surface area (Å²) in [5.74, 6) is -0.715. The molecule has 0 saturated heterocycles. The van der Waals surface area contributed by atoms with Crippen molar-refractivity contribution in [1.82, 2.24) is 4.90 Å². The first-order valence-electron chi connectivity index (χ1n) is 6.86. The number of hydrogen-bond donors (Lipinski definition) is 1. The van der Waals surface area contributed by atoms with E-state index in [1.807, 2.05) is 11.8 Å². The summed E-state index contributed by atoms with van der Waals surface area (Å²) in [5.41, 5.74) is 6.54. The van der Waals surface area contributed by atoms with Crippen LogP contribution in [0.25, 0.3) is 0 Å². The molecule has 7 heteroatoms. The highest BCUT2D eigenvalue weighted by Crippen LogP contribution is 2.39. The number of nitrogens with two attached hydrogens (primary N) is 1. The molecule has 0 aliphatic rings. The first kappa shape index (κ1) is 17.3. The lowest BCUT2D eigenvalue weighted by atomic mass is 10.2. The molecule has 0 atom stereocenters.